The third kappa shape index (κ3) is 4.36. The van der Waals surface area contributed by atoms with Crippen molar-refractivity contribution in [1.82, 2.24) is 4.90 Å². The average molecular weight is 241 g/mol. The minimum atomic E-state index is -0.299. The van der Waals surface area contributed by atoms with Crippen LogP contribution in [0.4, 0.5) is 0 Å². The first-order valence-electron chi connectivity index (χ1n) is 6.63. The number of carbonyl (C=O) groups is 2. The molecular formula is C13H23NO3. The number of carbonyl (C=O) groups excluding carboxylic acids is 2. The highest BCUT2D eigenvalue weighted by atomic mass is 16.5. The summed E-state index contributed by atoms with van der Waals surface area (Å²) in [6.45, 7) is 4.92. The van der Waals surface area contributed by atoms with Gasteiger partial charge in [0.1, 0.15) is 6.54 Å². The Kier molecular flexibility index (Phi) is 6.01. The van der Waals surface area contributed by atoms with E-state index in [0.29, 0.717) is 13.2 Å². The van der Waals surface area contributed by atoms with Crippen molar-refractivity contribution < 1.29 is 14.3 Å². The van der Waals surface area contributed by atoms with Gasteiger partial charge in [-0.1, -0.05) is 19.8 Å². The first kappa shape index (κ1) is 14.0. The fourth-order valence-electron chi connectivity index (χ4n) is 2.33. The van der Waals surface area contributed by atoms with E-state index in [2.05, 4.69) is 0 Å². The molecule has 4 heteroatoms. The monoisotopic (exact) mass is 241 g/mol. The Bertz CT molecular complexity index is 259. The molecule has 1 aliphatic rings. The number of ether oxygens (including phenoxy) is 1. The first-order valence-corrected chi connectivity index (χ1v) is 6.63. The van der Waals surface area contributed by atoms with Crippen molar-refractivity contribution in [2.45, 2.75) is 46.0 Å². The average Bonchev–Trinajstić information content (AvgIpc) is 2.81. The summed E-state index contributed by atoms with van der Waals surface area (Å²) < 4.78 is 4.90. The summed E-state index contributed by atoms with van der Waals surface area (Å²) in [6.07, 6.45) is 5.09. The molecule has 0 bridgehead atoms. The van der Waals surface area contributed by atoms with Crippen molar-refractivity contribution >= 4 is 11.9 Å². The molecule has 0 aromatic rings. The largest absolute Gasteiger partial charge is 0.465 e. The predicted octanol–water partition coefficient (Wildman–Crippen LogP) is 1.98. The highest BCUT2D eigenvalue weighted by Crippen LogP contribution is 2.26. The van der Waals surface area contributed by atoms with E-state index in [1.807, 2.05) is 6.92 Å². The third-order valence-electron chi connectivity index (χ3n) is 3.13. The lowest BCUT2D eigenvalue weighted by Gasteiger charge is -2.24. The molecule has 0 aromatic heterocycles. The van der Waals surface area contributed by atoms with E-state index in [0.717, 1.165) is 32.1 Å². The van der Waals surface area contributed by atoms with Crippen molar-refractivity contribution in [3.63, 3.8) is 0 Å². The molecule has 1 saturated carbocycles. The van der Waals surface area contributed by atoms with Gasteiger partial charge in [-0.15, -0.1) is 0 Å². The van der Waals surface area contributed by atoms with Gasteiger partial charge in [0, 0.05) is 12.5 Å². The van der Waals surface area contributed by atoms with Crippen LogP contribution in [0.25, 0.3) is 0 Å². The van der Waals surface area contributed by atoms with Gasteiger partial charge >= 0.3 is 5.97 Å². The van der Waals surface area contributed by atoms with Crippen LogP contribution in [-0.4, -0.2) is 36.5 Å². The van der Waals surface area contributed by atoms with Gasteiger partial charge in [0.2, 0.25) is 5.91 Å². The van der Waals surface area contributed by atoms with Gasteiger partial charge in [0.05, 0.1) is 6.61 Å². The number of nitrogens with zero attached hydrogens (tertiary/aromatic N) is 1. The van der Waals surface area contributed by atoms with Gasteiger partial charge in [0.15, 0.2) is 0 Å². The van der Waals surface area contributed by atoms with Gasteiger partial charge < -0.3 is 9.64 Å². The molecule has 4 nitrogen and oxygen atoms in total. The molecule has 1 aliphatic carbocycles. The molecule has 17 heavy (non-hydrogen) atoms. The lowest BCUT2D eigenvalue weighted by Crippen LogP contribution is -2.40. The van der Waals surface area contributed by atoms with Crippen molar-refractivity contribution in [3.05, 3.63) is 0 Å². The van der Waals surface area contributed by atoms with E-state index >= 15 is 0 Å². The molecule has 0 radical (unpaired) electrons. The van der Waals surface area contributed by atoms with Gasteiger partial charge in [-0.05, 0) is 26.2 Å². The molecule has 1 fully saturated rings. The first-order chi connectivity index (χ1) is 8.19. The molecule has 0 aromatic carbocycles. The summed E-state index contributed by atoms with van der Waals surface area (Å²) >= 11 is 0. The molecule has 98 valence electrons. The zero-order chi connectivity index (χ0) is 12.7. The predicted molar refractivity (Wildman–Crippen MR) is 65.5 cm³/mol. The van der Waals surface area contributed by atoms with Crippen molar-refractivity contribution in [2.75, 3.05) is 19.7 Å². The lowest BCUT2D eigenvalue weighted by atomic mass is 10.1. The van der Waals surface area contributed by atoms with Crippen molar-refractivity contribution in [2.24, 2.45) is 5.92 Å². The van der Waals surface area contributed by atoms with Crippen LogP contribution in [0, 0.1) is 5.92 Å². The van der Waals surface area contributed by atoms with E-state index < -0.39 is 0 Å². The van der Waals surface area contributed by atoms with Crippen LogP contribution in [0.5, 0.6) is 0 Å². The van der Waals surface area contributed by atoms with Gasteiger partial charge in [-0.2, -0.15) is 0 Å². The lowest BCUT2D eigenvalue weighted by molar-refractivity contribution is -0.150. The fourth-order valence-corrected chi connectivity index (χ4v) is 2.33. The van der Waals surface area contributed by atoms with Gasteiger partial charge in [-0.3, -0.25) is 9.59 Å². The second kappa shape index (κ2) is 7.30. The minimum Gasteiger partial charge on any atom is -0.465 e. The topological polar surface area (TPSA) is 46.6 Å². The maximum Gasteiger partial charge on any atom is 0.325 e. The maximum atomic E-state index is 12.2. The van der Waals surface area contributed by atoms with E-state index in [1.54, 1.807) is 11.8 Å². The van der Waals surface area contributed by atoms with E-state index in [1.165, 1.54) is 0 Å². The maximum absolute atomic E-state index is 12.2. The fraction of sp³-hybridized carbons (Fsp3) is 0.846. The van der Waals surface area contributed by atoms with Crippen LogP contribution in [0.15, 0.2) is 0 Å². The molecule has 0 unspecified atom stereocenters. The van der Waals surface area contributed by atoms with E-state index in [4.69, 9.17) is 4.74 Å². The summed E-state index contributed by atoms with van der Waals surface area (Å²) in [6, 6.07) is 0. The zero-order valence-corrected chi connectivity index (χ0v) is 10.9. The Morgan fingerprint density at radius 2 is 1.88 bits per heavy atom. The summed E-state index contributed by atoms with van der Waals surface area (Å²) in [4.78, 5) is 25.3. The van der Waals surface area contributed by atoms with E-state index in [-0.39, 0.29) is 24.3 Å². The zero-order valence-electron chi connectivity index (χ0n) is 10.9. The number of rotatable bonds is 6. The van der Waals surface area contributed by atoms with Crippen molar-refractivity contribution in [3.8, 4) is 0 Å². The Morgan fingerprint density at radius 1 is 1.24 bits per heavy atom. The van der Waals surface area contributed by atoms with E-state index in [9.17, 15) is 9.59 Å². The van der Waals surface area contributed by atoms with Gasteiger partial charge in [0.25, 0.3) is 0 Å². The summed E-state index contributed by atoms with van der Waals surface area (Å²) in [7, 11) is 0. The Morgan fingerprint density at radius 3 is 2.41 bits per heavy atom. The number of hydrogen-bond acceptors (Lipinski definition) is 3. The summed E-state index contributed by atoms with van der Waals surface area (Å²) in [5.41, 5.74) is 0. The summed E-state index contributed by atoms with van der Waals surface area (Å²) in [5.74, 6) is -0.0272. The van der Waals surface area contributed by atoms with Crippen LogP contribution in [0.3, 0.4) is 0 Å². The molecule has 1 amide bonds. The number of esters is 1. The quantitative estimate of drug-likeness (QED) is 0.668. The Labute approximate surface area is 103 Å². The smallest absolute Gasteiger partial charge is 0.325 e. The molecule has 0 atom stereocenters. The van der Waals surface area contributed by atoms with Crippen molar-refractivity contribution in [1.29, 1.82) is 0 Å². The van der Waals surface area contributed by atoms with Crippen LogP contribution in [0.2, 0.25) is 0 Å². The molecule has 0 N–H and O–H groups in total. The Balaban J connectivity index is 2.51. The molecule has 0 saturated heterocycles. The number of amides is 1. The highest BCUT2D eigenvalue weighted by Gasteiger charge is 2.28. The number of hydrogen-bond donors (Lipinski definition) is 0. The van der Waals surface area contributed by atoms with Gasteiger partial charge in [-0.25, -0.2) is 0 Å². The SMILES string of the molecule is CCCN(CC(=O)OCC)C(=O)C1CCCC1. The highest BCUT2D eigenvalue weighted by molar-refractivity contribution is 5.83. The summed E-state index contributed by atoms with van der Waals surface area (Å²) in [5, 5.41) is 0. The van der Waals surface area contributed by atoms with Crippen LogP contribution in [-0.2, 0) is 14.3 Å². The molecule has 1 rings (SSSR count). The second-order valence-electron chi connectivity index (χ2n) is 4.55. The Hall–Kier alpha value is -1.06. The third-order valence-corrected chi connectivity index (χ3v) is 3.13. The van der Waals surface area contributed by atoms with Crippen LogP contribution < -0.4 is 0 Å². The standard InChI is InChI=1S/C13H23NO3/c1-3-9-14(10-12(15)17-4-2)13(16)11-7-5-6-8-11/h11H,3-10H2,1-2H3. The van der Waals surface area contributed by atoms with Crippen LogP contribution in [0.1, 0.15) is 46.0 Å². The normalized spacial score (nSPS) is 15.9. The molecule has 0 heterocycles. The second-order valence-corrected chi connectivity index (χ2v) is 4.55. The van der Waals surface area contributed by atoms with Crippen LogP contribution >= 0.6 is 0 Å². The molecule has 0 spiro atoms. The molecular weight excluding hydrogens is 218 g/mol. The minimum absolute atomic E-state index is 0.108. The molecule has 0 aliphatic heterocycles.